The largest absolute Gasteiger partial charge is 0.370 e. The molecule has 0 amide bonds. The van der Waals surface area contributed by atoms with Gasteiger partial charge in [0.25, 0.3) is 0 Å². The first-order valence-electron chi connectivity index (χ1n) is 9.44. The second kappa shape index (κ2) is 7.83. The molecule has 0 spiro atoms. The molecule has 2 aromatic heterocycles. The molecule has 3 unspecified atom stereocenters. The van der Waals surface area contributed by atoms with E-state index in [0.29, 0.717) is 6.04 Å². The summed E-state index contributed by atoms with van der Waals surface area (Å²) in [6.45, 7) is 2.19. The summed E-state index contributed by atoms with van der Waals surface area (Å²) in [7, 11) is 0. The Bertz CT molecular complexity index is 834. The van der Waals surface area contributed by atoms with Crippen molar-refractivity contribution in [3.8, 4) is 0 Å². The maximum absolute atomic E-state index is 6.48. The van der Waals surface area contributed by atoms with Crippen LogP contribution in [-0.2, 0) is 4.74 Å². The van der Waals surface area contributed by atoms with Crippen molar-refractivity contribution >= 4 is 16.9 Å². The zero-order valence-electron chi connectivity index (χ0n) is 15.1. The smallest absolute Gasteiger partial charge is 0.160 e. The van der Waals surface area contributed by atoms with Crippen LogP contribution in [0.1, 0.15) is 50.7 Å². The Morgan fingerprint density at radius 3 is 2.96 bits per heavy atom. The first-order chi connectivity index (χ1) is 12.8. The Balaban J connectivity index is 1.42. The third-order valence-electron chi connectivity index (χ3n) is 5.11. The fourth-order valence-corrected chi connectivity index (χ4v) is 3.78. The van der Waals surface area contributed by atoms with Crippen molar-refractivity contribution < 1.29 is 4.74 Å². The Morgan fingerprint density at radius 1 is 1.23 bits per heavy atom. The van der Waals surface area contributed by atoms with E-state index >= 15 is 0 Å². The van der Waals surface area contributed by atoms with Gasteiger partial charge in [-0.25, -0.2) is 9.97 Å². The van der Waals surface area contributed by atoms with Crippen molar-refractivity contribution in [3.63, 3.8) is 0 Å². The van der Waals surface area contributed by atoms with Gasteiger partial charge in [-0.05, 0) is 37.7 Å². The van der Waals surface area contributed by atoms with Gasteiger partial charge in [0, 0.05) is 6.04 Å². The zero-order chi connectivity index (χ0) is 17.8. The molecule has 26 heavy (non-hydrogen) atoms. The zero-order valence-corrected chi connectivity index (χ0v) is 15.1. The molecule has 2 heterocycles. The van der Waals surface area contributed by atoms with Crippen molar-refractivity contribution in [1.29, 1.82) is 0 Å². The molecule has 136 valence electrons. The summed E-state index contributed by atoms with van der Waals surface area (Å²) in [5, 5.41) is 11.5. The summed E-state index contributed by atoms with van der Waals surface area (Å²) >= 11 is 0. The lowest BCUT2D eigenvalue weighted by Crippen LogP contribution is -2.32. The average molecular weight is 351 g/mol. The van der Waals surface area contributed by atoms with Gasteiger partial charge in [0.1, 0.15) is 12.1 Å². The fourth-order valence-electron chi connectivity index (χ4n) is 3.78. The molecule has 0 radical (unpaired) electrons. The minimum atomic E-state index is 0.166. The number of anilines is 1. The van der Waals surface area contributed by atoms with Gasteiger partial charge in [-0.15, -0.1) is 0 Å². The van der Waals surface area contributed by atoms with Crippen LogP contribution in [0.25, 0.3) is 11.0 Å². The number of hydrogen-bond acceptors (Lipinski definition) is 5. The molecule has 0 bridgehead atoms. The van der Waals surface area contributed by atoms with Crippen LogP contribution in [0.5, 0.6) is 0 Å². The van der Waals surface area contributed by atoms with Crippen LogP contribution in [0.15, 0.2) is 42.9 Å². The number of rotatable bonds is 6. The molecule has 0 aliphatic heterocycles. The molecule has 1 aliphatic rings. The molecule has 6 nitrogen and oxygen atoms in total. The minimum absolute atomic E-state index is 0.166. The first-order valence-corrected chi connectivity index (χ1v) is 9.44. The van der Waals surface area contributed by atoms with Gasteiger partial charge >= 0.3 is 0 Å². The summed E-state index contributed by atoms with van der Waals surface area (Å²) < 4.78 is 6.48. The lowest BCUT2D eigenvalue weighted by atomic mass is 9.92. The van der Waals surface area contributed by atoms with Crippen LogP contribution < -0.4 is 5.32 Å². The first kappa shape index (κ1) is 17.0. The van der Waals surface area contributed by atoms with Crippen molar-refractivity contribution in [2.45, 2.75) is 57.3 Å². The Kier molecular flexibility index (Phi) is 5.11. The Labute approximate surface area is 153 Å². The number of ether oxygens (including phenoxy) is 1. The highest BCUT2D eigenvalue weighted by atomic mass is 16.5. The van der Waals surface area contributed by atoms with E-state index in [1.807, 2.05) is 0 Å². The minimum Gasteiger partial charge on any atom is -0.370 e. The van der Waals surface area contributed by atoms with Crippen LogP contribution in [0.2, 0.25) is 0 Å². The van der Waals surface area contributed by atoms with E-state index in [4.69, 9.17) is 4.74 Å². The van der Waals surface area contributed by atoms with Gasteiger partial charge in [-0.2, -0.15) is 5.10 Å². The molecular weight excluding hydrogens is 326 g/mol. The monoisotopic (exact) mass is 351 g/mol. The maximum atomic E-state index is 6.48. The number of nitrogens with one attached hydrogen (secondary N) is 2. The standard InChI is InChI=1S/C20H25N5O/c1-2-18(14-7-4-3-5-8-14)26-16-10-6-9-15(11-16)24-19-17-12-23-25-20(17)22-13-21-19/h3-5,7-8,12-13,15-16,18H,2,6,9-11H2,1H3,(H2,21,22,23,24,25). The van der Waals surface area contributed by atoms with E-state index in [0.717, 1.165) is 49.0 Å². The molecule has 2 N–H and O–H groups in total. The topological polar surface area (TPSA) is 75.7 Å². The molecule has 1 fully saturated rings. The highest BCUT2D eigenvalue weighted by Crippen LogP contribution is 2.30. The number of benzene rings is 1. The maximum Gasteiger partial charge on any atom is 0.160 e. The molecule has 4 rings (SSSR count). The van der Waals surface area contributed by atoms with Gasteiger partial charge < -0.3 is 10.1 Å². The lowest BCUT2D eigenvalue weighted by molar-refractivity contribution is -0.0350. The summed E-state index contributed by atoms with van der Waals surface area (Å²) in [6.07, 6.45) is 9.17. The van der Waals surface area contributed by atoms with E-state index in [9.17, 15) is 0 Å². The van der Waals surface area contributed by atoms with Crippen molar-refractivity contribution in [2.24, 2.45) is 0 Å². The average Bonchev–Trinajstić information content (AvgIpc) is 3.17. The molecule has 3 aromatic rings. The summed E-state index contributed by atoms with van der Waals surface area (Å²) in [4.78, 5) is 8.60. The number of H-pyrrole nitrogens is 1. The van der Waals surface area contributed by atoms with Crippen LogP contribution in [0, 0.1) is 0 Å². The van der Waals surface area contributed by atoms with Crippen molar-refractivity contribution in [3.05, 3.63) is 48.4 Å². The van der Waals surface area contributed by atoms with E-state index in [1.165, 1.54) is 5.56 Å². The molecule has 3 atom stereocenters. The number of fused-ring (bicyclic) bond motifs is 1. The second-order valence-corrected chi connectivity index (χ2v) is 6.93. The molecule has 1 saturated carbocycles. The number of hydrogen-bond donors (Lipinski definition) is 2. The van der Waals surface area contributed by atoms with Gasteiger partial charge in [0.15, 0.2) is 5.65 Å². The summed E-state index contributed by atoms with van der Waals surface area (Å²) in [5.41, 5.74) is 2.03. The van der Waals surface area contributed by atoms with E-state index in [2.05, 4.69) is 62.7 Å². The second-order valence-electron chi connectivity index (χ2n) is 6.93. The fraction of sp³-hybridized carbons (Fsp3) is 0.450. The summed E-state index contributed by atoms with van der Waals surface area (Å²) in [6, 6.07) is 10.9. The normalized spacial score (nSPS) is 21.6. The lowest BCUT2D eigenvalue weighted by Gasteiger charge is -2.32. The SMILES string of the molecule is CCC(OC1CCCC(Nc2ncnc3[nH]ncc23)C1)c1ccccc1. The van der Waals surface area contributed by atoms with Gasteiger partial charge in [-0.3, -0.25) is 5.10 Å². The number of aromatic nitrogens is 4. The van der Waals surface area contributed by atoms with E-state index in [-0.39, 0.29) is 12.2 Å². The molecule has 1 aliphatic carbocycles. The Hall–Kier alpha value is -2.47. The van der Waals surface area contributed by atoms with Crippen LogP contribution in [-0.4, -0.2) is 32.3 Å². The third-order valence-corrected chi connectivity index (χ3v) is 5.11. The highest BCUT2D eigenvalue weighted by molar-refractivity contribution is 5.85. The van der Waals surface area contributed by atoms with E-state index in [1.54, 1.807) is 12.5 Å². The van der Waals surface area contributed by atoms with Crippen LogP contribution in [0.4, 0.5) is 5.82 Å². The predicted octanol–water partition coefficient (Wildman–Crippen LogP) is 4.24. The quantitative estimate of drug-likeness (QED) is 0.694. The van der Waals surface area contributed by atoms with Gasteiger partial charge in [0.2, 0.25) is 0 Å². The molecule has 6 heteroatoms. The molecular formula is C20H25N5O. The van der Waals surface area contributed by atoms with Gasteiger partial charge in [0.05, 0.1) is 23.8 Å². The summed E-state index contributed by atoms with van der Waals surface area (Å²) in [5.74, 6) is 0.851. The van der Waals surface area contributed by atoms with Crippen molar-refractivity contribution in [2.75, 3.05) is 5.32 Å². The molecule has 1 aromatic carbocycles. The van der Waals surface area contributed by atoms with Crippen molar-refractivity contribution in [1.82, 2.24) is 20.2 Å². The van der Waals surface area contributed by atoms with Crippen LogP contribution >= 0.6 is 0 Å². The van der Waals surface area contributed by atoms with Gasteiger partial charge in [-0.1, -0.05) is 37.3 Å². The van der Waals surface area contributed by atoms with Crippen LogP contribution in [0.3, 0.4) is 0 Å². The van der Waals surface area contributed by atoms with E-state index < -0.39 is 0 Å². The molecule has 0 saturated heterocycles. The predicted molar refractivity (Wildman–Crippen MR) is 102 cm³/mol. The highest BCUT2D eigenvalue weighted by Gasteiger charge is 2.26. The number of aromatic amines is 1. The Morgan fingerprint density at radius 2 is 2.12 bits per heavy atom. The third kappa shape index (κ3) is 3.70. The number of nitrogens with zero attached hydrogens (tertiary/aromatic N) is 3.